The third kappa shape index (κ3) is 2.52. The highest BCUT2D eigenvalue weighted by Crippen LogP contribution is 2.39. The Morgan fingerprint density at radius 3 is 2.64 bits per heavy atom. The first-order chi connectivity index (χ1) is 5.04. The van der Waals surface area contributed by atoms with Crippen molar-refractivity contribution in [3.8, 4) is 0 Å². The highest BCUT2D eigenvalue weighted by Gasteiger charge is 2.37. The lowest BCUT2D eigenvalue weighted by atomic mass is 10.2. The van der Waals surface area contributed by atoms with Crippen molar-refractivity contribution in [3.63, 3.8) is 0 Å². The van der Waals surface area contributed by atoms with E-state index < -0.39 is 3.23 Å². The van der Waals surface area contributed by atoms with E-state index in [-0.39, 0.29) is 10.6 Å². The maximum Gasteiger partial charge on any atom is 0.173 e. The zero-order valence-corrected chi connectivity index (χ0v) is 10.7. The number of rotatable bonds is 0. The Morgan fingerprint density at radius 1 is 1.36 bits per heavy atom. The third-order valence-corrected chi connectivity index (χ3v) is 4.29. The molecule has 1 atom stereocenters. The van der Waals surface area contributed by atoms with Crippen LogP contribution in [-0.2, 0) is 4.79 Å². The molecular weight excluding hydrogens is 340 g/mol. The molecule has 1 aliphatic carbocycles. The fourth-order valence-electron chi connectivity index (χ4n) is 1.15. The molecule has 0 heterocycles. The van der Waals surface area contributed by atoms with Gasteiger partial charge >= 0.3 is 0 Å². The van der Waals surface area contributed by atoms with Crippen molar-refractivity contribution >= 4 is 53.6 Å². The fourth-order valence-corrected chi connectivity index (χ4v) is 3.60. The van der Waals surface area contributed by atoms with E-state index in [9.17, 15) is 4.79 Å². The van der Waals surface area contributed by atoms with Gasteiger partial charge in [-0.1, -0.05) is 60.6 Å². The van der Waals surface area contributed by atoms with Crippen LogP contribution in [0.2, 0.25) is 0 Å². The molecule has 1 aliphatic rings. The molecule has 1 unspecified atom stereocenters. The van der Waals surface area contributed by atoms with Gasteiger partial charge in [0, 0.05) is 0 Å². The van der Waals surface area contributed by atoms with Gasteiger partial charge in [0.1, 0.15) is 3.23 Å². The molecule has 11 heavy (non-hydrogen) atoms. The predicted molar refractivity (Wildman–Crippen MR) is 56.8 cm³/mol. The minimum absolute atomic E-state index is 0.0174. The monoisotopic (exact) mass is 346 g/mol. The van der Waals surface area contributed by atoms with Crippen LogP contribution < -0.4 is 0 Å². The van der Waals surface area contributed by atoms with Gasteiger partial charge in [0.05, 0.1) is 4.83 Å². The van der Waals surface area contributed by atoms with Gasteiger partial charge in [0.15, 0.2) is 5.78 Å². The number of hydrogen-bond acceptors (Lipinski definition) is 1. The second-order valence-corrected chi connectivity index (χ2v) is 7.66. The Kier molecular flexibility index (Phi) is 3.59. The van der Waals surface area contributed by atoms with E-state index in [1.807, 2.05) is 0 Å². The van der Waals surface area contributed by atoms with Crippen LogP contribution in [-0.4, -0.2) is 13.8 Å². The summed E-state index contributed by atoms with van der Waals surface area (Å²) < 4.78 is -0.468. The van der Waals surface area contributed by atoms with Gasteiger partial charge in [0.25, 0.3) is 0 Å². The Bertz CT molecular complexity index is 167. The van der Waals surface area contributed by atoms with E-state index in [1.165, 1.54) is 0 Å². The summed E-state index contributed by atoms with van der Waals surface area (Å²) in [5.74, 6) is 0.218. The van der Waals surface area contributed by atoms with Gasteiger partial charge in [0.2, 0.25) is 0 Å². The summed E-state index contributed by atoms with van der Waals surface area (Å²) in [6.07, 6.45) is 4.07. The van der Waals surface area contributed by atoms with Crippen molar-refractivity contribution in [2.75, 3.05) is 0 Å². The summed E-state index contributed by atoms with van der Waals surface area (Å²) in [6, 6.07) is 0. The topological polar surface area (TPSA) is 17.1 Å². The summed E-state index contributed by atoms with van der Waals surface area (Å²) in [6.45, 7) is 0. The summed E-state index contributed by atoms with van der Waals surface area (Å²) in [5.41, 5.74) is 0. The molecule has 0 aromatic carbocycles. The van der Waals surface area contributed by atoms with Crippen LogP contribution in [0.3, 0.4) is 0 Å². The predicted octanol–water partition coefficient (Wildman–Crippen LogP) is 3.38. The van der Waals surface area contributed by atoms with Crippen LogP contribution in [0.5, 0.6) is 0 Å². The molecule has 1 nitrogen and oxygen atoms in total. The smallest absolute Gasteiger partial charge is 0.173 e. The van der Waals surface area contributed by atoms with E-state index in [1.54, 1.807) is 0 Å². The maximum absolute atomic E-state index is 11.5. The Morgan fingerprint density at radius 2 is 2.00 bits per heavy atom. The van der Waals surface area contributed by atoms with Gasteiger partial charge in [-0.3, -0.25) is 4.79 Å². The van der Waals surface area contributed by atoms with Gasteiger partial charge in [-0.2, -0.15) is 0 Å². The van der Waals surface area contributed by atoms with Crippen LogP contribution in [0.4, 0.5) is 0 Å². The molecule has 1 fully saturated rings. The van der Waals surface area contributed by atoms with E-state index in [4.69, 9.17) is 0 Å². The van der Waals surface area contributed by atoms with E-state index in [2.05, 4.69) is 47.8 Å². The van der Waals surface area contributed by atoms with Crippen molar-refractivity contribution in [1.29, 1.82) is 0 Å². The van der Waals surface area contributed by atoms with Crippen LogP contribution in [0.25, 0.3) is 0 Å². The second kappa shape index (κ2) is 3.88. The van der Waals surface area contributed by atoms with E-state index in [0.29, 0.717) is 0 Å². The number of hydrogen-bond donors (Lipinski definition) is 0. The Labute approximate surface area is 91.7 Å². The minimum Gasteiger partial charge on any atom is -0.296 e. The first-order valence-electron chi connectivity index (χ1n) is 3.60. The maximum atomic E-state index is 11.5. The molecule has 0 N–H and O–H groups in total. The van der Waals surface area contributed by atoms with Crippen LogP contribution in [0, 0.1) is 0 Å². The normalized spacial score (nSPS) is 31.5. The standard InChI is InChI=1S/C7H9Br3O/c8-5-3-1-2-4-7(9,10)6(5)11/h5H,1-4H2. The molecule has 0 aliphatic heterocycles. The van der Waals surface area contributed by atoms with Crippen LogP contribution in [0.1, 0.15) is 25.7 Å². The van der Waals surface area contributed by atoms with Gasteiger partial charge in [-0.25, -0.2) is 0 Å². The molecule has 0 bridgehead atoms. The van der Waals surface area contributed by atoms with Crippen molar-refractivity contribution in [3.05, 3.63) is 0 Å². The van der Waals surface area contributed by atoms with Crippen molar-refractivity contribution < 1.29 is 4.79 Å². The summed E-state index contributed by atoms with van der Waals surface area (Å²) in [5, 5.41) is 0. The van der Waals surface area contributed by atoms with E-state index >= 15 is 0 Å². The molecule has 0 amide bonds. The van der Waals surface area contributed by atoms with Crippen molar-refractivity contribution in [1.82, 2.24) is 0 Å². The lowest BCUT2D eigenvalue weighted by molar-refractivity contribution is -0.118. The van der Waals surface area contributed by atoms with Crippen molar-refractivity contribution in [2.45, 2.75) is 33.7 Å². The first-order valence-corrected chi connectivity index (χ1v) is 6.10. The largest absolute Gasteiger partial charge is 0.296 e. The van der Waals surface area contributed by atoms with E-state index in [0.717, 1.165) is 25.7 Å². The highest BCUT2D eigenvalue weighted by atomic mass is 79.9. The SMILES string of the molecule is O=C1C(Br)CCCCC1(Br)Br. The molecule has 4 heteroatoms. The second-order valence-electron chi connectivity index (χ2n) is 2.78. The molecule has 1 saturated carbocycles. The number of ketones is 1. The molecule has 0 spiro atoms. The number of carbonyl (C=O) groups excluding carboxylic acids is 1. The summed E-state index contributed by atoms with van der Waals surface area (Å²) >= 11 is 10.1. The van der Waals surface area contributed by atoms with Crippen LogP contribution in [0.15, 0.2) is 0 Å². The number of halogens is 3. The quantitative estimate of drug-likeness (QED) is 0.484. The Balaban J connectivity index is 2.73. The third-order valence-electron chi connectivity index (χ3n) is 1.84. The van der Waals surface area contributed by atoms with Gasteiger partial charge in [-0.15, -0.1) is 0 Å². The minimum atomic E-state index is -0.468. The lowest BCUT2D eigenvalue weighted by Gasteiger charge is -2.17. The number of carbonyl (C=O) groups is 1. The number of Topliss-reactive ketones (excluding diaryl/α,β-unsaturated/α-hetero) is 1. The van der Waals surface area contributed by atoms with Crippen LogP contribution >= 0.6 is 47.8 Å². The van der Waals surface area contributed by atoms with Gasteiger partial charge in [-0.05, 0) is 12.8 Å². The van der Waals surface area contributed by atoms with Gasteiger partial charge < -0.3 is 0 Å². The zero-order valence-electron chi connectivity index (χ0n) is 5.95. The summed E-state index contributed by atoms with van der Waals surface area (Å²) in [4.78, 5) is 11.5. The average Bonchev–Trinajstić information content (AvgIpc) is 2.03. The fraction of sp³-hybridized carbons (Fsp3) is 0.857. The molecule has 0 saturated heterocycles. The molecule has 0 aromatic heterocycles. The Hall–Kier alpha value is 1.11. The molecule has 64 valence electrons. The van der Waals surface area contributed by atoms with Crippen molar-refractivity contribution in [2.24, 2.45) is 0 Å². The number of alkyl halides is 3. The molecule has 0 radical (unpaired) electrons. The average molecular weight is 349 g/mol. The zero-order chi connectivity index (χ0) is 8.48. The highest BCUT2D eigenvalue weighted by molar-refractivity contribution is 9.26. The molecule has 0 aromatic rings. The molecule has 1 rings (SSSR count). The summed E-state index contributed by atoms with van der Waals surface area (Å²) in [7, 11) is 0. The molecular formula is C7H9Br3O. The first kappa shape index (κ1) is 10.2. The lowest BCUT2D eigenvalue weighted by Crippen LogP contribution is -2.29.